The summed E-state index contributed by atoms with van der Waals surface area (Å²) in [6.07, 6.45) is 1.23. The SMILES string of the molecule is CC(Oc1ccc(Cl)c(Cl)c1)C(=O)N1CC(CO)CCC1C. The van der Waals surface area contributed by atoms with Gasteiger partial charge in [-0.05, 0) is 44.7 Å². The van der Waals surface area contributed by atoms with Crippen LogP contribution in [0.3, 0.4) is 0 Å². The first-order chi connectivity index (χ1) is 10.4. The standard InChI is InChI=1S/C16H21Cl2NO3/c1-10-3-4-12(9-20)8-19(10)16(21)11(2)22-13-5-6-14(17)15(18)7-13/h5-7,10-12,20H,3-4,8-9H2,1-2H3. The topological polar surface area (TPSA) is 49.8 Å². The molecule has 3 atom stereocenters. The number of carbonyl (C=O) groups excluding carboxylic acids is 1. The van der Waals surface area contributed by atoms with Gasteiger partial charge in [0.2, 0.25) is 0 Å². The molecule has 0 aromatic heterocycles. The molecule has 122 valence electrons. The van der Waals surface area contributed by atoms with Crippen molar-refractivity contribution in [1.82, 2.24) is 4.90 Å². The van der Waals surface area contributed by atoms with E-state index in [1.807, 2.05) is 6.92 Å². The van der Waals surface area contributed by atoms with Crippen molar-refractivity contribution >= 4 is 29.1 Å². The first-order valence-corrected chi connectivity index (χ1v) is 8.21. The zero-order chi connectivity index (χ0) is 16.3. The van der Waals surface area contributed by atoms with Crippen molar-refractivity contribution < 1.29 is 14.6 Å². The molecule has 22 heavy (non-hydrogen) atoms. The number of hydrogen-bond donors (Lipinski definition) is 1. The molecule has 0 aliphatic carbocycles. The Hall–Kier alpha value is -0.970. The molecule has 1 fully saturated rings. The molecule has 0 saturated carbocycles. The zero-order valence-electron chi connectivity index (χ0n) is 12.8. The molecule has 1 aromatic carbocycles. The van der Waals surface area contributed by atoms with Crippen molar-refractivity contribution in [2.75, 3.05) is 13.2 Å². The van der Waals surface area contributed by atoms with Crippen LogP contribution in [0.2, 0.25) is 10.0 Å². The number of aliphatic hydroxyl groups is 1. The van der Waals surface area contributed by atoms with Crippen LogP contribution in [-0.4, -0.2) is 41.2 Å². The monoisotopic (exact) mass is 345 g/mol. The van der Waals surface area contributed by atoms with E-state index < -0.39 is 6.10 Å². The molecule has 1 saturated heterocycles. The molecule has 1 aliphatic heterocycles. The summed E-state index contributed by atoms with van der Waals surface area (Å²) >= 11 is 11.8. The van der Waals surface area contributed by atoms with Crippen molar-refractivity contribution in [2.45, 2.75) is 38.8 Å². The number of ether oxygens (including phenoxy) is 1. The highest BCUT2D eigenvalue weighted by Gasteiger charge is 2.31. The second-order valence-electron chi connectivity index (χ2n) is 5.80. The lowest BCUT2D eigenvalue weighted by molar-refractivity contribution is -0.142. The molecule has 0 radical (unpaired) electrons. The fourth-order valence-electron chi connectivity index (χ4n) is 2.68. The second kappa shape index (κ2) is 7.53. The van der Waals surface area contributed by atoms with E-state index in [1.54, 1.807) is 30.0 Å². The van der Waals surface area contributed by atoms with Crippen LogP contribution in [0.25, 0.3) is 0 Å². The Kier molecular flexibility index (Phi) is 5.95. The highest BCUT2D eigenvalue weighted by atomic mass is 35.5. The van der Waals surface area contributed by atoms with Gasteiger partial charge in [-0.2, -0.15) is 0 Å². The van der Waals surface area contributed by atoms with E-state index in [-0.39, 0.29) is 24.5 Å². The summed E-state index contributed by atoms with van der Waals surface area (Å²) in [5.41, 5.74) is 0. The minimum Gasteiger partial charge on any atom is -0.481 e. The van der Waals surface area contributed by atoms with Gasteiger partial charge in [0, 0.05) is 25.3 Å². The maximum Gasteiger partial charge on any atom is 0.263 e. The van der Waals surface area contributed by atoms with Crippen LogP contribution in [0.4, 0.5) is 0 Å². The minimum atomic E-state index is -0.614. The molecule has 0 spiro atoms. The molecule has 3 unspecified atom stereocenters. The maximum atomic E-state index is 12.6. The number of rotatable bonds is 4. The minimum absolute atomic E-state index is 0.0725. The lowest BCUT2D eigenvalue weighted by Gasteiger charge is -2.38. The molecule has 2 rings (SSSR count). The number of benzene rings is 1. The Morgan fingerprint density at radius 3 is 2.77 bits per heavy atom. The summed E-state index contributed by atoms with van der Waals surface area (Å²) in [4.78, 5) is 14.4. The van der Waals surface area contributed by atoms with Crippen LogP contribution in [0.1, 0.15) is 26.7 Å². The number of piperidine rings is 1. The molecule has 0 bridgehead atoms. The van der Waals surface area contributed by atoms with E-state index in [2.05, 4.69) is 0 Å². The van der Waals surface area contributed by atoms with E-state index in [0.717, 1.165) is 12.8 Å². The Morgan fingerprint density at radius 2 is 2.14 bits per heavy atom. The van der Waals surface area contributed by atoms with Gasteiger partial charge in [-0.3, -0.25) is 4.79 Å². The number of aliphatic hydroxyl groups excluding tert-OH is 1. The van der Waals surface area contributed by atoms with Crippen molar-refractivity contribution in [3.05, 3.63) is 28.2 Å². The second-order valence-corrected chi connectivity index (χ2v) is 6.62. The summed E-state index contributed by atoms with van der Waals surface area (Å²) in [5, 5.41) is 10.2. The van der Waals surface area contributed by atoms with Crippen molar-refractivity contribution in [1.29, 1.82) is 0 Å². The molecular weight excluding hydrogens is 325 g/mol. The third kappa shape index (κ3) is 4.06. The van der Waals surface area contributed by atoms with Gasteiger partial charge in [-0.25, -0.2) is 0 Å². The lowest BCUT2D eigenvalue weighted by Crippen LogP contribution is -2.50. The molecule has 1 amide bonds. The summed E-state index contributed by atoms with van der Waals surface area (Å²) in [7, 11) is 0. The van der Waals surface area contributed by atoms with Gasteiger partial charge in [0.25, 0.3) is 5.91 Å². The number of hydrogen-bond acceptors (Lipinski definition) is 3. The highest BCUT2D eigenvalue weighted by molar-refractivity contribution is 6.42. The van der Waals surface area contributed by atoms with Gasteiger partial charge in [0.15, 0.2) is 6.10 Å². The van der Waals surface area contributed by atoms with Crippen LogP contribution < -0.4 is 4.74 Å². The lowest BCUT2D eigenvalue weighted by atomic mass is 9.93. The molecule has 6 heteroatoms. The highest BCUT2D eigenvalue weighted by Crippen LogP contribution is 2.28. The Balaban J connectivity index is 2.02. The van der Waals surface area contributed by atoms with Crippen LogP contribution in [-0.2, 0) is 4.79 Å². The van der Waals surface area contributed by atoms with Gasteiger partial charge in [-0.15, -0.1) is 0 Å². The first-order valence-electron chi connectivity index (χ1n) is 7.45. The molecule has 1 aromatic rings. The number of halogens is 2. The molecule has 4 nitrogen and oxygen atoms in total. The number of carbonyl (C=O) groups is 1. The first kappa shape index (κ1) is 17.4. The Morgan fingerprint density at radius 1 is 1.41 bits per heavy atom. The van der Waals surface area contributed by atoms with Crippen molar-refractivity contribution in [2.24, 2.45) is 5.92 Å². The van der Waals surface area contributed by atoms with E-state index >= 15 is 0 Å². The average Bonchev–Trinajstić information content (AvgIpc) is 2.50. The van der Waals surface area contributed by atoms with Gasteiger partial charge >= 0.3 is 0 Å². The van der Waals surface area contributed by atoms with E-state index in [4.69, 9.17) is 27.9 Å². The summed E-state index contributed by atoms with van der Waals surface area (Å²) < 4.78 is 5.69. The molecule has 1 heterocycles. The van der Waals surface area contributed by atoms with Gasteiger partial charge < -0.3 is 14.7 Å². The normalized spacial score (nSPS) is 23.2. The van der Waals surface area contributed by atoms with Gasteiger partial charge in [0.05, 0.1) is 10.0 Å². The number of likely N-dealkylation sites (tertiary alicyclic amines) is 1. The number of amides is 1. The van der Waals surface area contributed by atoms with Crippen molar-refractivity contribution in [3.63, 3.8) is 0 Å². The summed E-state index contributed by atoms with van der Waals surface area (Å²) in [6.45, 7) is 4.43. The van der Waals surface area contributed by atoms with Gasteiger partial charge in [-0.1, -0.05) is 23.2 Å². The summed E-state index contributed by atoms with van der Waals surface area (Å²) in [6, 6.07) is 5.09. The van der Waals surface area contributed by atoms with Crippen LogP contribution >= 0.6 is 23.2 Å². The van der Waals surface area contributed by atoms with E-state index in [1.165, 1.54) is 0 Å². The zero-order valence-corrected chi connectivity index (χ0v) is 14.3. The van der Waals surface area contributed by atoms with E-state index in [0.29, 0.717) is 22.3 Å². The summed E-state index contributed by atoms with van der Waals surface area (Å²) in [5.74, 6) is 0.590. The molecular formula is C16H21Cl2NO3. The maximum absolute atomic E-state index is 12.6. The van der Waals surface area contributed by atoms with Crippen LogP contribution in [0, 0.1) is 5.92 Å². The van der Waals surface area contributed by atoms with Gasteiger partial charge in [0.1, 0.15) is 5.75 Å². The number of nitrogens with zero attached hydrogens (tertiary/aromatic N) is 1. The largest absolute Gasteiger partial charge is 0.481 e. The average molecular weight is 346 g/mol. The molecule has 1 N–H and O–H groups in total. The predicted octanol–water partition coefficient (Wildman–Crippen LogP) is 3.38. The Bertz CT molecular complexity index is 538. The predicted molar refractivity (Wildman–Crippen MR) is 87.5 cm³/mol. The van der Waals surface area contributed by atoms with Crippen LogP contribution in [0.15, 0.2) is 18.2 Å². The quantitative estimate of drug-likeness (QED) is 0.909. The molecule has 1 aliphatic rings. The fourth-order valence-corrected chi connectivity index (χ4v) is 2.96. The van der Waals surface area contributed by atoms with E-state index in [9.17, 15) is 9.90 Å². The smallest absolute Gasteiger partial charge is 0.263 e. The fraction of sp³-hybridized carbons (Fsp3) is 0.562. The Labute approximate surface area is 141 Å². The third-order valence-electron chi connectivity index (χ3n) is 4.07. The third-order valence-corrected chi connectivity index (χ3v) is 4.81. The van der Waals surface area contributed by atoms with Crippen molar-refractivity contribution in [3.8, 4) is 5.75 Å². The van der Waals surface area contributed by atoms with Crippen LogP contribution in [0.5, 0.6) is 5.75 Å².